The normalized spacial score (nSPS) is 16.1. The minimum atomic E-state index is -1.18. The Hall–Kier alpha value is -2.82. The zero-order valence-electron chi connectivity index (χ0n) is 23.3. The summed E-state index contributed by atoms with van der Waals surface area (Å²) in [7, 11) is 0. The van der Waals surface area contributed by atoms with Crippen LogP contribution in [0.5, 0.6) is 0 Å². The van der Waals surface area contributed by atoms with Crippen molar-refractivity contribution >= 4 is 33.7 Å². The predicted molar refractivity (Wildman–Crippen MR) is 156 cm³/mol. The molecule has 1 saturated carbocycles. The summed E-state index contributed by atoms with van der Waals surface area (Å²) in [6.07, 6.45) is 5.96. The van der Waals surface area contributed by atoms with Crippen molar-refractivity contribution < 1.29 is 24.2 Å². The molecule has 3 atom stereocenters. The van der Waals surface area contributed by atoms with Crippen molar-refractivity contribution in [2.45, 2.75) is 77.2 Å². The number of carbonyl (C=O) groups excluding carboxylic acids is 3. The molecule has 0 unspecified atom stereocenters. The molecule has 1 aliphatic carbocycles. The van der Waals surface area contributed by atoms with Crippen LogP contribution in [0.1, 0.15) is 68.4 Å². The highest BCUT2D eigenvalue weighted by Crippen LogP contribution is 2.22. The lowest BCUT2D eigenvalue weighted by Crippen LogP contribution is -2.56. The highest BCUT2D eigenvalue weighted by molar-refractivity contribution is 9.10. The number of amides is 3. The lowest BCUT2D eigenvalue weighted by atomic mass is 9.89. The second-order valence-electron chi connectivity index (χ2n) is 10.7. The van der Waals surface area contributed by atoms with E-state index < -0.39 is 30.0 Å². The van der Waals surface area contributed by atoms with Crippen LogP contribution in [0.3, 0.4) is 0 Å². The van der Waals surface area contributed by atoms with Gasteiger partial charge in [0, 0.05) is 17.2 Å². The summed E-state index contributed by atoms with van der Waals surface area (Å²) < 4.78 is 6.80. The minimum absolute atomic E-state index is 0.0160. The van der Waals surface area contributed by atoms with Gasteiger partial charge in [0.15, 0.2) is 0 Å². The van der Waals surface area contributed by atoms with Gasteiger partial charge < -0.3 is 25.8 Å². The standard InChI is InChI=1S/C30H41BrN4O5/c1-20(2)28(35-29(38)24-10-6-7-15-32-24)30(39)34-25(19-40-18-22-11-13-23(31)14-12-22)26(36)16-27(37)33-17-21-8-4-3-5-9-21/h6-7,10-15,20-21,25-26,28,36H,3-5,8-9,16-19H2,1-2H3,(H,33,37)(H,34,39)(H,35,38)/t25-,26-,28-/m0/s1. The molecule has 1 heterocycles. The van der Waals surface area contributed by atoms with Crippen molar-refractivity contribution in [1.29, 1.82) is 0 Å². The number of carbonyl (C=O) groups is 3. The lowest BCUT2D eigenvalue weighted by molar-refractivity contribution is -0.129. The molecular weight excluding hydrogens is 576 g/mol. The van der Waals surface area contributed by atoms with Gasteiger partial charge in [-0.3, -0.25) is 19.4 Å². The second-order valence-corrected chi connectivity index (χ2v) is 11.7. The number of halogens is 1. The Morgan fingerprint density at radius 1 is 1.05 bits per heavy atom. The zero-order chi connectivity index (χ0) is 28.9. The topological polar surface area (TPSA) is 130 Å². The van der Waals surface area contributed by atoms with Gasteiger partial charge in [0.1, 0.15) is 11.7 Å². The third-order valence-electron chi connectivity index (χ3n) is 7.11. The van der Waals surface area contributed by atoms with Crippen LogP contribution in [0.25, 0.3) is 0 Å². The zero-order valence-corrected chi connectivity index (χ0v) is 24.9. The number of pyridine rings is 1. The van der Waals surface area contributed by atoms with E-state index in [4.69, 9.17) is 4.74 Å². The summed E-state index contributed by atoms with van der Waals surface area (Å²) in [5.41, 5.74) is 1.13. The molecule has 0 bridgehead atoms. The summed E-state index contributed by atoms with van der Waals surface area (Å²) in [4.78, 5) is 42.7. The van der Waals surface area contributed by atoms with E-state index in [2.05, 4.69) is 36.9 Å². The fourth-order valence-electron chi connectivity index (χ4n) is 4.71. The maximum absolute atomic E-state index is 13.3. The Bertz CT molecular complexity index is 1080. The van der Waals surface area contributed by atoms with Crippen LogP contribution >= 0.6 is 15.9 Å². The Morgan fingerprint density at radius 2 is 1.77 bits per heavy atom. The lowest BCUT2D eigenvalue weighted by Gasteiger charge is -2.28. The van der Waals surface area contributed by atoms with Gasteiger partial charge in [0.2, 0.25) is 11.8 Å². The van der Waals surface area contributed by atoms with Crippen molar-refractivity contribution in [3.05, 3.63) is 64.4 Å². The molecule has 3 amide bonds. The van der Waals surface area contributed by atoms with Crippen LogP contribution in [0.15, 0.2) is 53.1 Å². The number of ether oxygens (including phenoxy) is 1. The van der Waals surface area contributed by atoms with Crippen LogP contribution in [0.2, 0.25) is 0 Å². The second kappa shape index (κ2) is 16.4. The SMILES string of the molecule is CC(C)[C@H](NC(=O)c1ccccn1)C(=O)N[C@@H](COCc1ccc(Br)cc1)[C@@H](O)CC(=O)NCC1CCCCC1. The molecule has 40 heavy (non-hydrogen) atoms. The monoisotopic (exact) mass is 616 g/mol. The molecule has 1 aromatic carbocycles. The molecule has 218 valence electrons. The summed E-state index contributed by atoms with van der Waals surface area (Å²) in [6, 6.07) is 10.9. The first-order chi connectivity index (χ1) is 19.2. The van der Waals surface area contributed by atoms with Crippen LogP contribution in [-0.4, -0.2) is 59.2 Å². The third-order valence-corrected chi connectivity index (χ3v) is 7.64. The van der Waals surface area contributed by atoms with Crippen LogP contribution < -0.4 is 16.0 Å². The van der Waals surface area contributed by atoms with Crippen molar-refractivity contribution in [2.24, 2.45) is 11.8 Å². The van der Waals surface area contributed by atoms with Crippen LogP contribution in [0.4, 0.5) is 0 Å². The largest absolute Gasteiger partial charge is 0.390 e. The molecule has 0 radical (unpaired) electrons. The molecule has 0 spiro atoms. The average molecular weight is 618 g/mol. The molecule has 2 aromatic rings. The molecule has 9 nitrogen and oxygen atoms in total. The molecule has 4 N–H and O–H groups in total. The summed E-state index contributed by atoms with van der Waals surface area (Å²) in [6.45, 7) is 4.48. The number of nitrogens with zero attached hydrogens (tertiary/aromatic N) is 1. The van der Waals surface area contributed by atoms with E-state index in [0.717, 1.165) is 22.9 Å². The number of aromatic nitrogens is 1. The molecule has 0 aliphatic heterocycles. The van der Waals surface area contributed by atoms with Gasteiger partial charge in [-0.25, -0.2) is 0 Å². The third kappa shape index (κ3) is 10.6. The average Bonchev–Trinajstić information content (AvgIpc) is 2.95. The first kappa shape index (κ1) is 31.7. The summed E-state index contributed by atoms with van der Waals surface area (Å²) in [5.74, 6) is -0.991. The van der Waals surface area contributed by atoms with Crippen LogP contribution in [-0.2, 0) is 20.9 Å². The highest BCUT2D eigenvalue weighted by Gasteiger charge is 2.30. The Labute approximate surface area is 245 Å². The van der Waals surface area contributed by atoms with E-state index >= 15 is 0 Å². The van der Waals surface area contributed by atoms with Crippen molar-refractivity contribution in [1.82, 2.24) is 20.9 Å². The van der Waals surface area contributed by atoms with E-state index in [1.165, 1.54) is 25.5 Å². The molecular formula is C30H41BrN4O5. The Balaban J connectivity index is 1.63. The van der Waals surface area contributed by atoms with Gasteiger partial charge in [-0.15, -0.1) is 0 Å². The first-order valence-corrected chi connectivity index (χ1v) is 14.8. The number of aliphatic hydroxyl groups excluding tert-OH is 1. The van der Waals surface area contributed by atoms with Crippen molar-refractivity contribution in [2.75, 3.05) is 13.2 Å². The quantitative estimate of drug-likeness (QED) is 0.256. The van der Waals surface area contributed by atoms with E-state index in [0.29, 0.717) is 12.5 Å². The Kier molecular flexibility index (Phi) is 13.0. The van der Waals surface area contributed by atoms with E-state index in [9.17, 15) is 19.5 Å². The number of rotatable bonds is 14. The van der Waals surface area contributed by atoms with E-state index in [-0.39, 0.29) is 37.2 Å². The van der Waals surface area contributed by atoms with Crippen LogP contribution in [0, 0.1) is 11.8 Å². The number of benzene rings is 1. The molecule has 1 aliphatic rings. The van der Waals surface area contributed by atoms with Gasteiger partial charge >= 0.3 is 0 Å². The number of hydrogen-bond donors (Lipinski definition) is 4. The smallest absolute Gasteiger partial charge is 0.270 e. The first-order valence-electron chi connectivity index (χ1n) is 14.0. The van der Waals surface area contributed by atoms with Gasteiger partial charge in [0.25, 0.3) is 5.91 Å². The van der Waals surface area contributed by atoms with Crippen molar-refractivity contribution in [3.63, 3.8) is 0 Å². The number of nitrogens with one attached hydrogen (secondary N) is 3. The summed E-state index contributed by atoms with van der Waals surface area (Å²) >= 11 is 3.41. The summed E-state index contributed by atoms with van der Waals surface area (Å²) in [5, 5.41) is 19.5. The molecule has 0 saturated heterocycles. The van der Waals surface area contributed by atoms with E-state index in [1.807, 2.05) is 38.1 Å². The highest BCUT2D eigenvalue weighted by atomic mass is 79.9. The van der Waals surface area contributed by atoms with Crippen molar-refractivity contribution in [3.8, 4) is 0 Å². The molecule has 3 rings (SSSR count). The minimum Gasteiger partial charge on any atom is -0.390 e. The fraction of sp³-hybridized carbons (Fsp3) is 0.533. The van der Waals surface area contributed by atoms with Gasteiger partial charge in [-0.05, 0) is 54.5 Å². The maximum Gasteiger partial charge on any atom is 0.270 e. The molecule has 1 fully saturated rings. The molecule has 10 heteroatoms. The number of hydrogen-bond acceptors (Lipinski definition) is 6. The van der Waals surface area contributed by atoms with Gasteiger partial charge in [-0.2, -0.15) is 0 Å². The maximum atomic E-state index is 13.3. The van der Waals surface area contributed by atoms with Gasteiger partial charge in [-0.1, -0.05) is 67.2 Å². The predicted octanol–water partition coefficient (Wildman–Crippen LogP) is 3.75. The number of aliphatic hydroxyl groups is 1. The molecule has 1 aromatic heterocycles. The van der Waals surface area contributed by atoms with Gasteiger partial charge in [0.05, 0.1) is 31.8 Å². The fourth-order valence-corrected chi connectivity index (χ4v) is 4.97. The Morgan fingerprint density at radius 3 is 2.42 bits per heavy atom. The van der Waals surface area contributed by atoms with E-state index in [1.54, 1.807) is 18.2 Å².